The van der Waals surface area contributed by atoms with Crippen LogP contribution in [0.4, 0.5) is 0 Å². The molecule has 1 aromatic carbocycles. The molecule has 0 spiro atoms. The van der Waals surface area contributed by atoms with Gasteiger partial charge < -0.3 is 48.2 Å². The molecular weight excluding hydrogens is 588 g/mol. The number of nitrogens with two attached hydrogens (primary N) is 3. The number of hydrogen-bond acceptors (Lipinski definition) is 8. The molecule has 3 amide bonds. The maximum absolute atomic E-state index is 13.5. The van der Waals surface area contributed by atoms with Crippen molar-refractivity contribution in [3.63, 3.8) is 0 Å². The van der Waals surface area contributed by atoms with Gasteiger partial charge in [0, 0.05) is 42.0 Å². The van der Waals surface area contributed by atoms with Gasteiger partial charge in [-0.2, -0.15) is 11.8 Å². The molecule has 0 fully saturated rings. The Morgan fingerprint density at radius 3 is 2.32 bits per heavy atom. The zero-order chi connectivity index (χ0) is 32.1. The molecule has 3 rings (SSSR count). The minimum atomic E-state index is -1.26. The standard InChI is InChI=1S/C28H40N10O5S/c1-44-10-8-22(26(41)38-23(27(42)43)12-17-14-32-15-35-17)37-25(40)21(7-4-9-33-28(30)31)36-24(39)19(29)11-16-13-34-20-6-3-2-5-18(16)20/h2-3,5-6,13-15,19,21-23,34H,4,7-12,29H2,1H3,(H,32,35)(H,36,39)(H,37,40)(H,38,41)(H,42,43)(H4,30,31,33). The molecule has 15 nitrogen and oxygen atoms in total. The predicted octanol–water partition coefficient (Wildman–Crippen LogP) is -0.651. The Labute approximate surface area is 258 Å². The summed E-state index contributed by atoms with van der Waals surface area (Å²) in [6, 6.07) is 3.30. The lowest BCUT2D eigenvalue weighted by molar-refractivity contribution is -0.142. The van der Waals surface area contributed by atoms with E-state index in [0.29, 0.717) is 17.9 Å². The number of benzene rings is 1. The predicted molar refractivity (Wildman–Crippen MR) is 169 cm³/mol. The van der Waals surface area contributed by atoms with E-state index in [9.17, 15) is 24.3 Å². The van der Waals surface area contributed by atoms with E-state index in [1.807, 2.05) is 30.5 Å². The fraction of sp³-hybridized carbons (Fsp3) is 0.429. The lowest BCUT2D eigenvalue weighted by Gasteiger charge is -2.25. The van der Waals surface area contributed by atoms with Crippen LogP contribution < -0.4 is 33.2 Å². The molecule has 0 saturated heterocycles. The number of carboxylic acids is 1. The van der Waals surface area contributed by atoms with Gasteiger partial charge in [-0.15, -0.1) is 0 Å². The number of rotatable bonds is 18. The molecule has 16 heteroatoms. The van der Waals surface area contributed by atoms with Crippen molar-refractivity contribution in [1.29, 1.82) is 0 Å². The Bertz CT molecular complexity index is 1420. The lowest BCUT2D eigenvalue weighted by atomic mass is 10.0. The average molecular weight is 629 g/mol. The summed E-state index contributed by atoms with van der Waals surface area (Å²) >= 11 is 1.46. The molecule has 0 aliphatic heterocycles. The summed E-state index contributed by atoms with van der Waals surface area (Å²) in [6.07, 6.45) is 7.44. The van der Waals surface area contributed by atoms with Gasteiger partial charge in [-0.3, -0.25) is 19.4 Å². The molecule has 0 saturated carbocycles. The number of aromatic amines is 2. The molecular formula is C28H40N10O5S. The van der Waals surface area contributed by atoms with Crippen LogP contribution in [0.15, 0.2) is 48.0 Å². The van der Waals surface area contributed by atoms with E-state index in [2.05, 4.69) is 35.9 Å². The zero-order valence-corrected chi connectivity index (χ0v) is 25.2. The van der Waals surface area contributed by atoms with Crippen LogP contribution in [0.2, 0.25) is 0 Å². The molecule has 0 bridgehead atoms. The molecule has 238 valence electrons. The number of thioether (sulfide) groups is 1. The Balaban J connectivity index is 1.71. The van der Waals surface area contributed by atoms with Crippen LogP contribution in [0.25, 0.3) is 10.9 Å². The fourth-order valence-corrected chi connectivity index (χ4v) is 5.02. The number of amides is 3. The molecule has 0 radical (unpaired) electrons. The van der Waals surface area contributed by atoms with Crippen molar-refractivity contribution < 1.29 is 24.3 Å². The first-order valence-electron chi connectivity index (χ1n) is 14.0. The number of aliphatic imine (C=N–C) groups is 1. The second-order valence-corrected chi connectivity index (χ2v) is 11.2. The molecule has 2 aromatic heterocycles. The number of carbonyl (C=O) groups is 4. The summed E-state index contributed by atoms with van der Waals surface area (Å²) in [7, 11) is 0. The SMILES string of the molecule is CSCCC(NC(=O)C(CCCN=C(N)N)NC(=O)C(N)Cc1c[nH]c2ccccc12)C(=O)NC(Cc1cnc[nH]1)C(=O)O. The van der Waals surface area contributed by atoms with Crippen LogP contribution >= 0.6 is 11.8 Å². The number of carboxylic acid groups (broad SMARTS) is 1. The van der Waals surface area contributed by atoms with Gasteiger partial charge in [-0.05, 0) is 49.3 Å². The van der Waals surface area contributed by atoms with E-state index in [-0.39, 0.29) is 38.2 Å². The monoisotopic (exact) mass is 628 g/mol. The van der Waals surface area contributed by atoms with Gasteiger partial charge in [0.1, 0.15) is 18.1 Å². The van der Waals surface area contributed by atoms with E-state index in [1.54, 1.807) is 6.20 Å². The molecule has 12 N–H and O–H groups in total. The number of nitrogens with one attached hydrogen (secondary N) is 5. The normalized spacial score (nSPS) is 13.8. The van der Waals surface area contributed by atoms with Gasteiger partial charge in [-0.1, -0.05) is 18.2 Å². The summed E-state index contributed by atoms with van der Waals surface area (Å²) in [4.78, 5) is 65.5. The van der Waals surface area contributed by atoms with Gasteiger partial charge in [0.25, 0.3) is 0 Å². The van der Waals surface area contributed by atoms with Crippen molar-refractivity contribution >= 4 is 52.3 Å². The van der Waals surface area contributed by atoms with Gasteiger partial charge in [-0.25, -0.2) is 9.78 Å². The Kier molecular flexibility index (Phi) is 13.0. The van der Waals surface area contributed by atoms with Gasteiger partial charge in [0.2, 0.25) is 17.7 Å². The number of nitrogens with zero attached hydrogens (tertiary/aromatic N) is 2. The molecule has 0 aliphatic rings. The second-order valence-electron chi connectivity index (χ2n) is 10.2. The maximum atomic E-state index is 13.5. The largest absolute Gasteiger partial charge is 0.480 e. The van der Waals surface area contributed by atoms with Crippen LogP contribution in [-0.2, 0) is 32.0 Å². The van der Waals surface area contributed by atoms with Crippen LogP contribution in [0, 0.1) is 0 Å². The van der Waals surface area contributed by atoms with Crippen LogP contribution in [0.3, 0.4) is 0 Å². The number of aromatic nitrogens is 3. The zero-order valence-electron chi connectivity index (χ0n) is 24.4. The average Bonchev–Trinajstić information content (AvgIpc) is 3.66. The van der Waals surface area contributed by atoms with E-state index in [4.69, 9.17) is 17.2 Å². The van der Waals surface area contributed by atoms with E-state index in [0.717, 1.165) is 16.5 Å². The lowest BCUT2D eigenvalue weighted by Crippen LogP contribution is -2.57. The molecule has 3 aromatic rings. The topological polar surface area (TPSA) is 259 Å². The number of imidazole rings is 1. The number of aliphatic carboxylic acids is 1. The summed E-state index contributed by atoms with van der Waals surface area (Å²) in [5, 5.41) is 18.5. The third-order valence-electron chi connectivity index (χ3n) is 6.87. The van der Waals surface area contributed by atoms with E-state index >= 15 is 0 Å². The Morgan fingerprint density at radius 2 is 1.66 bits per heavy atom. The Morgan fingerprint density at radius 1 is 0.977 bits per heavy atom. The van der Waals surface area contributed by atoms with E-state index < -0.39 is 47.9 Å². The number of fused-ring (bicyclic) bond motifs is 1. The number of carbonyl (C=O) groups excluding carboxylic acids is 3. The number of hydrogen-bond donors (Lipinski definition) is 9. The number of para-hydroxylation sites is 1. The molecule has 2 heterocycles. The first-order valence-corrected chi connectivity index (χ1v) is 15.4. The highest BCUT2D eigenvalue weighted by atomic mass is 32.2. The van der Waals surface area contributed by atoms with Crippen molar-refractivity contribution in [3.8, 4) is 0 Å². The highest BCUT2D eigenvalue weighted by molar-refractivity contribution is 7.98. The maximum Gasteiger partial charge on any atom is 0.326 e. The first kappa shape index (κ1) is 33.9. The molecule has 4 unspecified atom stereocenters. The fourth-order valence-electron chi connectivity index (χ4n) is 4.55. The summed E-state index contributed by atoms with van der Waals surface area (Å²) < 4.78 is 0. The van der Waals surface area contributed by atoms with Crippen molar-refractivity contribution in [3.05, 3.63) is 54.2 Å². The highest BCUT2D eigenvalue weighted by Crippen LogP contribution is 2.19. The number of H-pyrrole nitrogens is 2. The van der Waals surface area contributed by atoms with Crippen molar-refractivity contribution in [2.24, 2.45) is 22.2 Å². The third-order valence-corrected chi connectivity index (χ3v) is 7.51. The Hall–Kier alpha value is -4.57. The third kappa shape index (κ3) is 10.3. The van der Waals surface area contributed by atoms with Crippen molar-refractivity contribution in [2.75, 3.05) is 18.6 Å². The smallest absolute Gasteiger partial charge is 0.326 e. The highest BCUT2D eigenvalue weighted by Gasteiger charge is 2.30. The summed E-state index contributed by atoms with van der Waals surface area (Å²) in [6.45, 7) is 0.216. The summed E-state index contributed by atoms with van der Waals surface area (Å²) in [5.41, 5.74) is 19.4. The van der Waals surface area contributed by atoms with Crippen LogP contribution in [-0.4, -0.2) is 92.4 Å². The van der Waals surface area contributed by atoms with Gasteiger partial charge in [0.15, 0.2) is 5.96 Å². The molecule has 4 atom stereocenters. The first-order chi connectivity index (χ1) is 21.1. The van der Waals surface area contributed by atoms with Crippen LogP contribution in [0.5, 0.6) is 0 Å². The quantitative estimate of drug-likeness (QED) is 0.0488. The van der Waals surface area contributed by atoms with Crippen molar-refractivity contribution in [1.82, 2.24) is 30.9 Å². The van der Waals surface area contributed by atoms with Crippen LogP contribution in [0.1, 0.15) is 30.5 Å². The van der Waals surface area contributed by atoms with E-state index in [1.165, 1.54) is 24.3 Å². The number of guanidine groups is 1. The van der Waals surface area contributed by atoms with Crippen molar-refractivity contribution in [2.45, 2.75) is 56.3 Å². The van der Waals surface area contributed by atoms with Gasteiger partial charge in [0.05, 0.1) is 12.4 Å². The second kappa shape index (κ2) is 16.9. The minimum absolute atomic E-state index is 0.0257. The molecule has 0 aliphatic carbocycles. The molecule has 44 heavy (non-hydrogen) atoms. The summed E-state index contributed by atoms with van der Waals surface area (Å²) in [5.74, 6) is -2.67. The van der Waals surface area contributed by atoms with Gasteiger partial charge >= 0.3 is 5.97 Å². The minimum Gasteiger partial charge on any atom is -0.480 e.